The molecule has 17 heavy (non-hydrogen) atoms. The Morgan fingerprint density at radius 3 is 2.88 bits per heavy atom. The Kier molecular flexibility index (Phi) is 4.34. The largest absolute Gasteiger partial charge is 0.308 e. The van der Waals surface area contributed by atoms with Crippen molar-refractivity contribution in [3.8, 4) is 0 Å². The van der Waals surface area contributed by atoms with Crippen molar-refractivity contribution in [2.24, 2.45) is 0 Å². The number of halogens is 1. The fraction of sp³-hybridized carbons (Fsp3) is 0.308. The molecule has 1 N–H and O–H groups in total. The van der Waals surface area contributed by atoms with Crippen molar-refractivity contribution in [2.45, 2.75) is 19.5 Å². The summed E-state index contributed by atoms with van der Waals surface area (Å²) in [4.78, 5) is 0. The SMILES string of the molecule is CC(NCCn1cccn1)c1ccccc1Br. The van der Waals surface area contributed by atoms with E-state index in [-0.39, 0.29) is 0 Å². The van der Waals surface area contributed by atoms with Crippen molar-refractivity contribution < 1.29 is 0 Å². The Bertz CT molecular complexity index is 453. The van der Waals surface area contributed by atoms with Crippen molar-refractivity contribution in [2.75, 3.05) is 6.54 Å². The summed E-state index contributed by atoms with van der Waals surface area (Å²) < 4.78 is 3.08. The van der Waals surface area contributed by atoms with Gasteiger partial charge in [-0.2, -0.15) is 5.10 Å². The van der Waals surface area contributed by atoms with Gasteiger partial charge in [0.05, 0.1) is 6.54 Å². The van der Waals surface area contributed by atoms with Crippen LogP contribution < -0.4 is 5.32 Å². The molecule has 3 nitrogen and oxygen atoms in total. The van der Waals surface area contributed by atoms with Crippen molar-refractivity contribution in [3.05, 3.63) is 52.8 Å². The van der Waals surface area contributed by atoms with Gasteiger partial charge in [-0.25, -0.2) is 0 Å². The van der Waals surface area contributed by atoms with Crippen molar-refractivity contribution >= 4 is 15.9 Å². The molecule has 0 fully saturated rings. The van der Waals surface area contributed by atoms with Gasteiger partial charge in [-0.3, -0.25) is 4.68 Å². The Morgan fingerprint density at radius 2 is 2.18 bits per heavy atom. The molecular formula is C13H16BrN3. The first kappa shape index (κ1) is 12.3. The lowest BCUT2D eigenvalue weighted by Gasteiger charge is -2.15. The molecule has 90 valence electrons. The number of rotatable bonds is 5. The molecule has 0 aliphatic rings. The van der Waals surface area contributed by atoms with E-state index >= 15 is 0 Å². The normalized spacial score (nSPS) is 12.6. The monoisotopic (exact) mass is 293 g/mol. The van der Waals surface area contributed by atoms with Crippen molar-refractivity contribution in [1.29, 1.82) is 0 Å². The van der Waals surface area contributed by atoms with E-state index < -0.39 is 0 Å². The average Bonchev–Trinajstić information content (AvgIpc) is 2.82. The average molecular weight is 294 g/mol. The maximum Gasteiger partial charge on any atom is 0.0534 e. The lowest BCUT2D eigenvalue weighted by atomic mass is 10.1. The molecular weight excluding hydrogens is 278 g/mol. The van der Waals surface area contributed by atoms with Crippen LogP contribution >= 0.6 is 15.9 Å². The third kappa shape index (κ3) is 3.41. The highest BCUT2D eigenvalue weighted by molar-refractivity contribution is 9.10. The van der Waals surface area contributed by atoms with E-state index in [4.69, 9.17) is 0 Å². The maximum absolute atomic E-state index is 4.17. The first-order chi connectivity index (χ1) is 8.27. The summed E-state index contributed by atoms with van der Waals surface area (Å²) in [6, 6.07) is 10.6. The van der Waals surface area contributed by atoms with Crippen LogP contribution in [-0.2, 0) is 6.54 Å². The summed E-state index contributed by atoms with van der Waals surface area (Å²) >= 11 is 3.57. The minimum Gasteiger partial charge on any atom is -0.308 e. The minimum atomic E-state index is 0.334. The van der Waals surface area contributed by atoms with E-state index in [2.05, 4.69) is 51.5 Å². The lowest BCUT2D eigenvalue weighted by Crippen LogP contribution is -2.23. The Morgan fingerprint density at radius 1 is 1.35 bits per heavy atom. The van der Waals surface area contributed by atoms with Gasteiger partial charge in [0, 0.05) is 29.5 Å². The summed E-state index contributed by atoms with van der Waals surface area (Å²) in [5.74, 6) is 0. The second-order valence-electron chi connectivity index (χ2n) is 3.97. The Balaban J connectivity index is 1.85. The molecule has 1 aromatic carbocycles. The first-order valence-electron chi connectivity index (χ1n) is 5.72. The van der Waals surface area contributed by atoms with Crippen LogP contribution in [0.5, 0.6) is 0 Å². The Labute approximate surface area is 110 Å². The number of benzene rings is 1. The quantitative estimate of drug-likeness (QED) is 0.918. The fourth-order valence-electron chi connectivity index (χ4n) is 1.76. The molecule has 1 heterocycles. The highest BCUT2D eigenvalue weighted by atomic mass is 79.9. The van der Waals surface area contributed by atoms with Gasteiger partial charge in [-0.1, -0.05) is 34.1 Å². The van der Waals surface area contributed by atoms with Crippen LogP contribution in [0.15, 0.2) is 47.2 Å². The molecule has 0 saturated carbocycles. The molecule has 2 aromatic rings. The fourth-order valence-corrected chi connectivity index (χ4v) is 2.39. The zero-order chi connectivity index (χ0) is 12.1. The molecule has 0 aliphatic heterocycles. The number of aromatic nitrogens is 2. The van der Waals surface area contributed by atoms with Gasteiger partial charge in [0.2, 0.25) is 0 Å². The van der Waals surface area contributed by atoms with Gasteiger partial charge >= 0.3 is 0 Å². The summed E-state index contributed by atoms with van der Waals surface area (Å²) in [6.45, 7) is 3.97. The highest BCUT2D eigenvalue weighted by Crippen LogP contribution is 2.22. The molecule has 1 atom stereocenters. The van der Waals surface area contributed by atoms with Gasteiger partial charge in [0.1, 0.15) is 0 Å². The molecule has 1 aromatic heterocycles. The predicted molar refractivity (Wildman–Crippen MR) is 72.8 cm³/mol. The first-order valence-corrected chi connectivity index (χ1v) is 6.52. The third-order valence-electron chi connectivity index (χ3n) is 2.72. The standard InChI is InChI=1S/C13H16BrN3/c1-11(12-5-2-3-6-13(12)14)15-8-10-17-9-4-7-16-17/h2-7,9,11,15H,8,10H2,1H3. The zero-order valence-electron chi connectivity index (χ0n) is 9.81. The van der Waals surface area contributed by atoms with Crippen LogP contribution in [0.2, 0.25) is 0 Å². The predicted octanol–water partition coefficient (Wildman–Crippen LogP) is 3.00. The highest BCUT2D eigenvalue weighted by Gasteiger charge is 2.07. The summed E-state index contributed by atoms with van der Waals surface area (Å²) in [5.41, 5.74) is 1.29. The van der Waals surface area contributed by atoms with E-state index in [9.17, 15) is 0 Å². The molecule has 4 heteroatoms. The van der Waals surface area contributed by atoms with E-state index in [1.807, 2.05) is 23.0 Å². The topological polar surface area (TPSA) is 29.9 Å². The second kappa shape index (κ2) is 5.98. The van der Waals surface area contributed by atoms with Crippen LogP contribution in [0.3, 0.4) is 0 Å². The molecule has 2 rings (SSSR count). The van der Waals surface area contributed by atoms with Gasteiger partial charge in [-0.05, 0) is 24.6 Å². The van der Waals surface area contributed by atoms with Crippen molar-refractivity contribution in [1.82, 2.24) is 15.1 Å². The summed E-state index contributed by atoms with van der Waals surface area (Å²) in [5, 5.41) is 7.66. The summed E-state index contributed by atoms with van der Waals surface area (Å²) in [6.07, 6.45) is 3.78. The molecule has 0 bridgehead atoms. The lowest BCUT2D eigenvalue weighted by molar-refractivity contribution is 0.506. The van der Waals surface area contributed by atoms with Crippen LogP contribution in [0.1, 0.15) is 18.5 Å². The van der Waals surface area contributed by atoms with Gasteiger partial charge in [0.25, 0.3) is 0 Å². The van der Waals surface area contributed by atoms with Crippen LogP contribution in [0.25, 0.3) is 0 Å². The van der Waals surface area contributed by atoms with E-state index in [0.717, 1.165) is 17.6 Å². The number of hydrogen-bond donors (Lipinski definition) is 1. The minimum absolute atomic E-state index is 0.334. The van der Waals surface area contributed by atoms with E-state index in [1.165, 1.54) is 5.56 Å². The smallest absolute Gasteiger partial charge is 0.0534 e. The molecule has 0 aliphatic carbocycles. The third-order valence-corrected chi connectivity index (χ3v) is 3.44. The van der Waals surface area contributed by atoms with Crippen LogP contribution in [0.4, 0.5) is 0 Å². The molecule has 0 spiro atoms. The van der Waals surface area contributed by atoms with Gasteiger partial charge in [-0.15, -0.1) is 0 Å². The van der Waals surface area contributed by atoms with Crippen molar-refractivity contribution in [3.63, 3.8) is 0 Å². The van der Waals surface area contributed by atoms with Crippen LogP contribution in [0, 0.1) is 0 Å². The second-order valence-corrected chi connectivity index (χ2v) is 4.82. The van der Waals surface area contributed by atoms with Gasteiger partial charge in [0.15, 0.2) is 0 Å². The maximum atomic E-state index is 4.17. The van der Waals surface area contributed by atoms with Crippen LogP contribution in [-0.4, -0.2) is 16.3 Å². The van der Waals surface area contributed by atoms with E-state index in [1.54, 1.807) is 6.20 Å². The number of nitrogens with one attached hydrogen (secondary N) is 1. The summed E-state index contributed by atoms with van der Waals surface area (Å²) in [7, 11) is 0. The zero-order valence-corrected chi connectivity index (χ0v) is 11.4. The molecule has 0 saturated heterocycles. The van der Waals surface area contributed by atoms with Gasteiger partial charge < -0.3 is 5.32 Å². The number of hydrogen-bond acceptors (Lipinski definition) is 2. The molecule has 0 radical (unpaired) electrons. The number of nitrogens with zero attached hydrogens (tertiary/aromatic N) is 2. The Hall–Kier alpha value is -1.13. The van der Waals surface area contributed by atoms with E-state index in [0.29, 0.717) is 6.04 Å². The molecule has 1 unspecified atom stereocenters. The molecule has 0 amide bonds.